The van der Waals surface area contributed by atoms with E-state index in [9.17, 15) is 25.2 Å². The predicted octanol–water partition coefficient (Wildman–Crippen LogP) is -1.49. The third-order valence-corrected chi connectivity index (χ3v) is 5.22. The molecule has 0 aliphatic carbocycles. The van der Waals surface area contributed by atoms with E-state index in [1.165, 1.54) is 0 Å². The molecule has 1 amide bonds. The van der Waals surface area contributed by atoms with Gasteiger partial charge in [-0.2, -0.15) is 0 Å². The number of benzene rings is 1. The van der Waals surface area contributed by atoms with Gasteiger partial charge in [0.2, 0.25) is 12.2 Å². The fourth-order valence-electron chi connectivity index (χ4n) is 3.65. The summed E-state index contributed by atoms with van der Waals surface area (Å²) >= 11 is 0. The van der Waals surface area contributed by atoms with Crippen molar-refractivity contribution in [2.75, 3.05) is 20.3 Å². The Morgan fingerprint density at radius 1 is 1.03 bits per heavy atom. The first-order chi connectivity index (χ1) is 15.4. The van der Waals surface area contributed by atoms with E-state index in [0.717, 1.165) is 7.11 Å². The zero-order valence-electron chi connectivity index (χ0n) is 18.0. The number of ether oxygens (including phenoxy) is 3. The molecule has 2 fully saturated rings. The van der Waals surface area contributed by atoms with E-state index in [1.54, 1.807) is 24.3 Å². The van der Waals surface area contributed by atoms with Crippen LogP contribution in [0.3, 0.4) is 0 Å². The number of carbonyl (C=O) groups is 1. The molecule has 0 aromatic heterocycles. The third-order valence-electron chi connectivity index (χ3n) is 5.22. The van der Waals surface area contributed by atoms with Crippen molar-refractivity contribution in [3.8, 4) is 5.75 Å². The minimum atomic E-state index is -0.958. The number of carbonyl (C=O) groups excluding carboxylic acids is 1. The number of nitrogens with two attached hydrogens (primary N) is 1. The molecule has 0 saturated carbocycles. The van der Waals surface area contributed by atoms with Gasteiger partial charge in [-0.3, -0.25) is 4.79 Å². The molecule has 2 aliphatic rings. The molecule has 2 heterocycles. The number of hydrogen-bond acceptors (Lipinski definition) is 10. The van der Waals surface area contributed by atoms with E-state index < -0.39 is 48.9 Å². The minimum Gasteiger partial charge on any atom is -0.465 e. The van der Waals surface area contributed by atoms with Crippen molar-refractivity contribution in [2.24, 2.45) is 5.73 Å². The van der Waals surface area contributed by atoms with Gasteiger partial charge in [0.15, 0.2) is 0 Å². The number of rotatable bonds is 7. The fourth-order valence-corrected chi connectivity index (χ4v) is 3.65. The molecule has 2 unspecified atom stereocenters. The quantitative estimate of drug-likeness (QED) is 0.254. The van der Waals surface area contributed by atoms with Crippen molar-refractivity contribution < 1.29 is 44.5 Å². The van der Waals surface area contributed by atoms with Crippen LogP contribution in [0.15, 0.2) is 24.3 Å². The van der Waals surface area contributed by atoms with Crippen LogP contribution in [-0.2, 0) is 14.3 Å². The van der Waals surface area contributed by atoms with Crippen molar-refractivity contribution in [3.63, 3.8) is 0 Å². The molecule has 0 radical (unpaired) electrons. The lowest BCUT2D eigenvalue weighted by atomic mass is 10.0. The lowest BCUT2D eigenvalue weighted by Crippen LogP contribution is -2.49. The van der Waals surface area contributed by atoms with Crippen molar-refractivity contribution in [3.05, 3.63) is 29.8 Å². The van der Waals surface area contributed by atoms with Gasteiger partial charge in [0, 0.05) is 32.8 Å². The highest BCUT2D eigenvalue weighted by atomic mass is 16.7. The summed E-state index contributed by atoms with van der Waals surface area (Å²) in [6.45, 7) is -0.432. The Hall–Kier alpha value is -1.83. The average Bonchev–Trinajstić information content (AvgIpc) is 2.79. The molecule has 32 heavy (non-hydrogen) atoms. The summed E-state index contributed by atoms with van der Waals surface area (Å²) in [5.74, 6) is 0.00986. The summed E-state index contributed by atoms with van der Waals surface area (Å²) in [4.78, 5) is 12.5. The standard InChI is InChI=1S/C20H30N2O8.CH4O/c21-19(20(27)22-17-7-12(25)5-15(9-23)28-17)11-1-3-14(4-2-11)29-18-8-13(26)6-16(10-24)30-18;1-2/h1-4,12-13,15-19,23-26H,5-10,21H2,(H,22,27);2H,1H3/t12-,13-,15-,16-,17?,18+,19?;/m0./s1. The summed E-state index contributed by atoms with van der Waals surface area (Å²) in [5, 5.41) is 47.8. The van der Waals surface area contributed by atoms with Crippen molar-refractivity contribution in [2.45, 2.75) is 68.7 Å². The van der Waals surface area contributed by atoms with E-state index in [4.69, 9.17) is 25.1 Å². The molecule has 1 aromatic carbocycles. The van der Waals surface area contributed by atoms with Crippen molar-refractivity contribution >= 4 is 5.91 Å². The largest absolute Gasteiger partial charge is 0.465 e. The van der Waals surface area contributed by atoms with E-state index in [2.05, 4.69) is 5.32 Å². The SMILES string of the molecule is CO.NC(C(=O)NC1C[C@@H](O)C[C@@H](CO)O1)c1ccc(O[C@H]2C[C@@H](O)C[C@@H](CO)O2)cc1. The maximum atomic E-state index is 12.5. The van der Waals surface area contributed by atoms with Gasteiger partial charge in [-0.25, -0.2) is 0 Å². The van der Waals surface area contributed by atoms with Crippen LogP contribution >= 0.6 is 0 Å². The summed E-state index contributed by atoms with van der Waals surface area (Å²) < 4.78 is 16.8. The number of aliphatic hydroxyl groups excluding tert-OH is 5. The number of amides is 1. The molecule has 11 heteroatoms. The van der Waals surface area contributed by atoms with E-state index >= 15 is 0 Å². The van der Waals surface area contributed by atoms with Crippen LogP contribution in [0, 0.1) is 0 Å². The van der Waals surface area contributed by atoms with Gasteiger partial charge in [-0.15, -0.1) is 0 Å². The van der Waals surface area contributed by atoms with Gasteiger partial charge in [0.05, 0.1) is 37.6 Å². The molecule has 1 aromatic rings. The Balaban J connectivity index is 0.00000176. The van der Waals surface area contributed by atoms with Crippen molar-refractivity contribution in [1.29, 1.82) is 0 Å². The summed E-state index contributed by atoms with van der Waals surface area (Å²) in [5.41, 5.74) is 6.59. The van der Waals surface area contributed by atoms with Gasteiger partial charge >= 0.3 is 0 Å². The monoisotopic (exact) mass is 458 g/mol. The molecule has 8 N–H and O–H groups in total. The highest BCUT2D eigenvalue weighted by molar-refractivity contribution is 5.83. The highest BCUT2D eigenvalue weighted by Gasteiger charge is 2.31. The third kappa shape index (κ3) is 7.64. The Kier molecular flexibility index (Phi) is 10.7. The molecular formula is C21H34N2O9. The second-order valence-corrected chi connectivity index (χ2v) is 7.72. The fraction of sp³-hybridized carbons (Fsp3) is 0.667. The number of hydrogen-bond donors (Lipinski definition) is 7. The summed E-state index contributed by atoms with van der Waals surface area (Å²) in [6, 6.07) is 5.62. The van der Waals surface area contributed by atoms with Gasteiger partial charge in [-0.05, 0) is 17.7 Å². The Bertz CT molecular complexity index is 690. The Morgan fingerprint density at radius 2 is 1.59 bits per heavy atom. The maximum Gasteiger partial charge on any atom is 0.243 e. The molecule has 0 bridgehead atoms. The van der Waals surface area contributed by atoms with Crippen LogP contribution in [0.2, 0.25) is 0 Å². The van der Waals surface area contributed by atoms with Gasteiger partial charge < -0.3 is 50.8 Å². The van der Waals surface area contributed by atoms with Gasteiger partial charge in [0.1, 0.15) is 18.0 Å². The molecular weight excluding hydrogens is 424 g/mol. The number of nitrogens with one attached hydrogen (secondary N) is 1. The zero-order chi connectivity index (χ0) is 23.7. The second kappa shape index (κ2) is 13.0. The Labute approximate surface area is 186 Å². The van der Waals surface area contributed by atoms with Gasteiger partial charge in [-0.1, -0.05) is 12.1 Å². The maximum absolute atomic E-state index is 12.5. The normalized spacial score (nSPS) is 31.1. The molecule has 3 rings (SSSR count). The molecule has 2 aliphatic heterocycles. The smallest absolute Gasteiger partial charge is 0.243 e. The first kappa shape index (κ1) is 26.4. The van der Waals surface area contributed by atoms with E-state index in [-0.39, 0.29) is 19.6 Å². The first-order valence-corrected chi connectivity index (χ1v) is 10.5. The lowest BCUT2D eigenvalue weighted by Gasteiger charge is -2.33. The lowest BCUT2D eigenvalue weighted by molar-refractivity contribution is -0.184. The van der Waals surface area contributed by atoms with Crippen LogP contribution in [-0.4, -0.2) is 88.7 Å². The molecule has 11 nitrogen and oxygen atoms in total. The predicted molar refractivity (Wildman–Crippen MR) is 112 cm³/mol. The van der Waals surface area contributed by atoms with Crippen LogP contribution in [0.1, 0.15) is 37.3 Å². The topological polar surface area (TPSA) is 184 Å². The first-order valence-electron chi connectivity index (χ1n) is 10.5. The molecule has 0 spiro atoms. The minimum absolute atomic E-state index is 0.194. The molecule has 182 valence electrons. The summed E-state index contributed by atoms with van der Waals surface area (Å²) in [7, 11) is 1.00. The van der Waals surface area contributed by atoms with E-state index in [1.807, 2.05) is 0 Å². The van der Waals surface area contributed by atoms with Gasteiger partial charge in [0.25, 0.3) is 0 Å². The molecule has 7 atom stereocenters. The van der Waals surface area contributed by atoms with Crippen LogP contribution in [0.5, 0.6) is 5.75 Å². The van der Waals surface area contributed by atoms with Crippen molar-refractivity contribution in [1.82, 2.24) is 5.32 Å². The number of aliphatic hydroxyl groups is 5. The highest BCUT2D eigenvalue weighted by Crippen LogP contribution is 2.25. The summed E-state index contributed by atoms with van der Waals surface area (Å²) in [6.07, 6.45) is -2.48. The van der Waals surface area contributed by atoms with Crippen LogP contribution in [0.25, 0.3) is 0 Å². The zero-order valence-corrected chi connectivity index (χ0v) is 18.0. The van der Waals surface area contributed by atoms with Crippen LogP contribution < -0.4 is 15.8 Å². The average molecular weight is 459 g/mol. The van der Waals surface area contributed by atoms with E-state index in [0.29, 0.717) is 30.6 Å². The van der Waals surface area contributed by atoms with Crippen LogP contribution in [0.4, 0.5) is 0 Å². The Morgan fingerprint density at radius 3 is 2.19 bits per heavy atom. The molecule has 2 saturated heterocycles. The second-order valence-electron chi connectivity index (χ2n) is 7.72.